The Balaban J connectivity index is 1.58. The molecule has 2 aromatic carbocycles. The SMILES string of the molecule is COc1ccc(CNC(=O)CCc2cc3ccc(C)cc3[nH]c2=O)cc1. The molecule has 1 aromatic heterocycles. The van der Waals surface area contributed by atoms with Crippen LogP contribution in [-0.4, -0.2) is 18.0 Å². The van der Waals surface area contributed by atoms with Crippen LogP contribution in [-0.2, 0) is 17.8 Å². The first kappa shape index (κ1) is 17.7. The number of carbonyl (C=O) groups is 1. The summed E-state index contributed by atoms with van der Waals surface area (Å²) in [4.78, 5) is 27.2. The summed E-state index contributed by atoms with van der Waals surface area (Å²) in [5.74, 6) is 0.704. The molecule has 0 spiro atoms. The molecule has 2 N–H and O–H groups in total. The van der Waals surface area contributed by atoms with E-state index in [9.17, 15) is 9.59 Å². The molecule has 5 nitrogen and oxygen atoms in total. The van der Waals surface area contributed by atoms with Crippen LogP contribution >= 0.6 is 0 Å². The van der Waals surface area contributed by atoms with E-state index in [2.05, 4.69) is 10.3 Å². The van der Waals surface area contributed by atoms with E-state index in [1.807, 2.05) is 55.5 Å². The Morgan fingerprint density at radius 1 is 1.12 bits per heavy atom. The van der Waals surface area contributed by atoms with E-state index in [-0.39, 0.29) is 17.9 Å². The number of H-pyrrole nitrogens is 1. The number of hydrogen-bond donors (Lipinski definition) is 2. The first-order chi connectivity index (χ1) is 12.5. The third-order valence-electron chi connectivity index (χ3n) is 4.35. The van der Waals surface area contributed by atoms with Gasteiger partial charge in [-0.3, -0.25) is 9.59 Å². The highest BCUT2D eigenvalue weighted by Gasteiger charge is 2.07. The molecular weight excluding hydrogens is 328 g/mol. The van der Waals surface area contributed by atoms with Crippen LogP contribution in [0.15, 0.2) is 53.3 Å². The van der Waals surface area contributed by atoms with Crippen molar-refractivity contribution in [3.63, 3.8) is 0 Å². The number of hydrogen-bond acceptors (Lipinski definition) is 3. The second-order valence-electron chi connectivity index (χ2n) is 6.34. The number of benzene rings is 2. The van der Waals surface area contributed by atoms with Crippen LogP contribution in [0.25, 0.3) is 10.9 Å². The largest absolute Gasteiger partial charge is 0.497 e. The predicted octanol–water partition coefficient (Wildman–Crippen LogP) is 3.09. The fourth-order valence-electron chi connectivity index (χ4n) is 2.83. The molecule has 0 aliphatic carbocycles. The molecule has 3 aromatic rings. The smallest absolute Gasteiger partial charge is 0.251 e. The minimum Gasteiger partial charge on any atom is -0.497 e. The summed E-state index contributed by atoms with van der Waals surface area (Å²) in [5, 5.41) is 3.85. The number of aromatic amines is 1. The second kappa shape index (κ2) is 7.87. The van der Waals surface area contributed by atoms with Gasteiger partial charge >= 0.3 is 0 Å². The van der Waals surface area contributed by atoms with Crippen LogP contribution in [0.1, 0.15) is 23.1 Å². The Morgan fingerprint density at radius 3 is 2.62 bits per heavy atom. The molecule has 3 rings (SSSR count). The molecule has 1 amide bonds. The van der Waals surface area contributed by atoms with Crippen molar-refractivity contribution in [3.05, 3.63) is 75.6 Å². The molecule has 0 unspecified atom stereocenters. The summed E-state index contributed by atoms with van der Waals surface area (Å²) in [7, 11) is 1.62. The third kappa shape index (κ3) is 4.30. The van der Waals surface area contributed by atoms with Crippen molar-refractivity contribution in [1.29, 1.82) is 0 Å². The zero-order valence-corrected chi connectivity index (χ0v) is 15.0. The Labute approximate surface area is 152 Å². The maximum atomic E-state index is 12.2. The van der Waals surface area contributed by atoms with Gasteiger partial charge in [0.25, 0.3) is 5.56 Å². The molecule has 1 heterocycles. The van der Waals surface area contributed by atoms with E-state index in [0.29, 0.717) is 18.5 Å². The van der Waals surface area contributed by atoms with Gasteiger partial charge in [0, 0.05) is 24.0 Å². The quantitative estimate of drug-likeness (QED) is 0.718. The van der Waals surface area contributed by atoms with Crippen molar-refractivity contribution in [3.8, 4) is 5.75 Å². The molecule has 0 saturated heterocycles. The highest BCUT2D eigenvalue weighted by atomic mass is 16.5. The molecule has 26 heavy (non-hydrogen) atoms. The maximum Gasteiger partial charge on any atom is 0.251 e. The Hall–Kier alpha value is -3.08. The van der Waals surface area contributed by atoms with E-state index < -0.39 is 0 Å². The van der Waals surface area contributed by atoms with Crippen LogP contribution in [0.2, 0.25) is 0 Å². The van der Waals surface area contributed by atoms with E-state index in [1.165, 1.54) is 0 Å². The van der Waals surface area contributed by atoms with Crippen LogP contribution in [0.5, 0.6) is 5.75 Å². The monoisotopic (exact) mass is 350 g/mol. The van der Waals surface area contributed by atoms with Crippen molar-refractivity contribution in [1.82, 2.24) is 10.3 Å². The zero-order valence-electron chi connectivity index (χ0n) is 15.0. The zero-order chi connectivity index (χ0) is 18.5. The molecule has 0 saturated carbocycles. The molecule has 0 bridgehead atoms. The molecular formula is C21H22N2O3. The van der Waals surface area contributed by atoms with E-state index in [4.69, 9.17) is 4.74 Å². The first-order valence-electron chi connectivity index (χ1n) is 8.57. The topological polar surface area (TPSA) is 71.2 Å². The maximum absolute atomic E-state index is 12.2. The van der Waals surface area contributed by atoms with Gasteiger partial charge < -0.3 is 15.0 Å². The minimum atomic E-state index is -0.133. The van der Waals surface area contributed by atoms with Crippen LogP contribution < -0.4 is 15.6 Å². The van der Waals surface area contributed by atoms with Crippen molar-refractivity contribution in [2.45, 2.75) is 26.3 Å². The van der Waals surface area contributed by atoms with Gasteiger partial charge in [0.2, 0.25) is 5.91 Å². The molecule has 0 atom stereocenters. The fraction of sp³-hybridized carbons (Fsp3) is 0.238. The molecule has 0 aliphatic heterocycles. The number of aryl methyl sites for hydroxylation is 2. The van der Waals surface area contributed by atoms with Crippen molar-refractivity contribution in [2.24, 2.45) is 0 Å². The highest BCUT2D eigenvalue weighted by molar-refractivity contribution is 5.80. The van der Waals surface area contributed by atoms with E-state index in [0.717, 1.165) is 27.8 Å². The average Bonchev–Trinajstić information content (AvgIpc) is 2.65. The van der Waals surface area contributed by atoms with Crippen LogP contribution in [0, 0.1) is 6.92 Å². The predicted molar refractivity (Wildman–Crippen MR) is 102 cm³/mol. The van der Waals surface area contributed by atoms with Crippen molar-refractivity contribution >= 4 is 16.8 Å². The lowest BCUT2D eigenvalue weighted by atomic mass is 10.1. The van der Waals surface area contributed by atoms with Gasteiger partial charge in [-0.2, -0.15) is 0 Å². The third-order valence-corrected chi connectivity index (χ3v) is 4.35. The Bertz CT molecular complexity index is 975. The first-order valence-corrected chi connectivity index (χ1v) is 8.57. The normalized spacial score (nSPS) is 10.7. The standard InChI is InChI=1S/C21H22N2O3/c1-14-3-6-16-12-17(21(25)23-19(16)11-14)7-10-20(24)22-13-15-4-8-18(26-2)9-5-15/h3-6,8-9,11-12H,7,10,13H2,1-2H3,(H,22,24)(H,23,25). The number of amides is 1. The van der Waals surface area contributed by atoms with Crippen molar-refractivity contribution in [2.75, 3.05) is 7.11 Å². The summed E-state index contributed by atoms with van der Waals surface area (Å²) in [5.41, 5.74) is 3.41. The van der Waals surface area contributed by atoms with Gasteiger partial charge in [-0.25, -0.2) is 0 Å². The number of carbonyl (C=O) groups excluding carboxylic acids is 1. The van der Waals surface area contributed by atoms with Crippen LogP contribution in [0.3, 0.4) is 0 Å². The number of nitrogens with one attached hydrogen (secondary N) is 2. The van der Waals surface area contributed by atoms with E-state index in [1.54, 1.807) is 7.11 Å². The summed E-state index contributed by atoms with van der Waals surface area (Å²) < 4.78 is 5.11. The second-order valence-corrected chi connectivity index (χ2v) is 6.34. The molecule has 0 radical (unpaired) electrons. The summed E-state index contributed by atoms with van der Waals surface area (Å²) in [6, 6.07) is 15.3. The van der Waals surface area contributed by atoms with Gasteiger partial charge in [0.1, 0.15) is 5.75 Å². The van der Waals surface area contributed by atoms with Gasteiger partial charge in [0.05, 0.1) is 7.11 Å². The van der Waals surface area contributed by atoms with Gasteiger partial charge in [-0.05, 0) is 54.1 Å². The van der Waals surface area contributed by atoms with Gasteiger partial charge in [-0.1, -0.05) is 24.3 Å². The number of fused-ring (bicyclic) bond motifs is 1. The van der Waals surface area contributed by atoms with Gasteiger partial charge in [-0.15, -0.1) is 0 Å². The Morgan fingerprint density at radius 2 is 1.88 bits per heavy atom. The minimum absolute atomic E-state index is 0.0794. The fourth-order valence-corrected chi connectivity index (χ4v) is 2.83. The van der Waals surface area contributed by atoms with Gasteiger partial charge in [0.15, 0.2) is 0 Å². The summed E-state index contributed by atoms with van der Waals surface area (Å²) in [6.45, 7) is 2.44. The lowest BCUT2D eigenvalue weighted by molar-refractivity contribution is -0.121. The number of ether oxygens (including phenoxy) is 1. The lowest BCUT2D eigenvalue weighted by Gasteiger charge is -2.07. The number of methoxy groups -OCH3 is 1. The van der Waals surface area contributed by atoms with Crippen LogP contribution in [0.4, 0.5) is 0 Å². The van der Waals surface area contributed by atoms with Crippen molar-refractivity contribution < 1.29 is 9.53 Å². The lowest BCUT2D eigenvalue weighted by Crippen LogP contribution is -2.24. The number of aromatic nitrogens is 1. The summed E-state index contributed by atoms with van der Waals surface area (Å²) in [6.07, 6.45) is 0.685. The molecule has 5 heteroatoms. The number of rotatable bonds is 6. The molecule has 134 valence electrons. The molecule has 0 aliphatic rings. The summed E-state index contributed by atoms with van der Waals surface area (Å²) >= 11 is 0. The molecule has 0 fully saturated rings. The number of pyridine rings is 1. The average molecular weight is 350 g/mol. The highest BCUT2D eigenvalue weighted by Crippen LogP contribution is 2.14. The Kier molecular flexibility index (Phi) is 5.37. The van der Waals surface area contributed by atoms with E-state index >= 15 is 0 Å².